The second kappa shape index (κ2) is 7.07. The summed E-state index contributed by atoms with van der Waals surface area (Å²) in [5, 5.41) is 0. The first kappa shape index (κ1) is 17.2. The standard InChI is InChI=1S/C20H20N2O2S/c1-5-9-22-17-11-13(2)10-14(3)18(17)25-20(22)21-19(23)15-7-6-8-16(12-15)24-4/h5-8,10-12H,1,9H2,2-4H3. The molecule has 4 nitrogen and oxygen atoms in total. The predicted molar refractivity (Wildman–Crippen MR) is 102 cm³/mol. The molecule has 0 saturated heterocycles. The maximum atomic E-state index is 12.6. The van der Waals surface area contributed by atoms with Crippen LogP contribution in [-0.2, 0) is 6.54 Å². The summed E-state index contributed by atoms with van der Waals surface area (Å²) < 4.78 is 8.36. The monoisotopic (exact) mass is 352 g/mol. The molecule has 25 heavy (non-hydrogen) atoms. The third-order valence-electron chi connectivity index (χ3n) is 3.94. The molecule has 0 aliphatic rings. The number of carbonyl (C=O) groups is 1. The zero-order valence-electron chi connectivity index (χ0n) is 14.6. The molecule has 0 N–H and O–H groups in total. The van der Waals surface area contributed by atoms with E-state index >= 15 is 0 Å². The third-order valence-corrected chi connectivity index (χ3v) is 5.17. The van der Waals surface area contributed by atoms with Crippen LogP contribution in [-0.4, -0.2) is 17.6 Å². The number of benzene rings is 2. The van der Waals surface area contributed by atoms with Crippen molar-refractivity contribution in [1.82, 2.24) is 4.57 Å². The molecule has 2 aromatic carbocycles. The van der Waals surface area contributed by atoms with Crippen LogP contribution >= 0.6 is 11.3 Å². The number of nitrogens with zero attached hydrogens (tertiary/aromatic N) is 2. The molecular weight excluding hydrogens is 332 g/mol. The Bertz CT molecular complexity index is 1030. The van der Waals surface area contributed by atoms with Gasteiger partial charge in [0.15, 0.2) is 4.80 Å². The normalized spacial score (nSPS) is 11.7. The number of amides is 1. The van der Waals surface area contributed by atoms with Crippen molar-refractivity contribution in [3.63, 3.8) is 0 Å². The molecule has 0 atom stereocenters. The van der Waals surface area contributed by atoms with Crippen LogP contribution in [0.4, 0.5) is 0 Å². The highest BCUT2D eigenvalue weighted by Crippen LogP contribution is 2.23. The number of rotatable bonds is 4. The van der Waals surface area contributed by atoms with Crippen LogP contribution in [0.1, 0.15) is 21.5 Å². The molecule has 3 aromatic rings. The lowest BCUT2D eigenvalue weighted by Gasteiger charge is -2.04. The van der Waals surface area contributed by atoms with Crippen molar-refractivity contribution in [2.75, 3.05) is 7.11 Å². The second-order valence-corrected chi connectivity index (χ2v) is 6.84. The first-order valence-corrected chi connectivity index (χ1v) is 8.79. The fraction of sp³-hybridized carbons (Fsp3) is 0.200. The van der Waals surface area contributed by atoms with E-state index in [2.05, 4.69) is 37.6 Å². The Morgan fingerprint density at radius 3 is 2.84 bits per heavy atom. The second-order valence-electron chi connectivity index (χ2n) is 5.86. The Morgan fingerprint density at radius 2 is 2.12 bits per heavy atom. The van der Waals surface area contributed by atoms with E-state index in [1.165, 1.54) is 22.5 Å². The third kappa shape index (κ3) is 3.42. The van der Waals surface area contributed by atoms with E-state index in [1.807, 2.05) is 10.6 Å². The number of fused-ring (bicyclic) bond motifs is 1. The van der Waals surface area contributed by atoms with Crippen molar-refractivity contribution < 1.29 is 9.53 Å². The molecule has 0 bridgehead atoms. The molecule has 128 valence electrons. The highest BCUT2D eigenvalue weighted by molar-refractivity contribution is 7.16. The average molecular weight is 352 g/mol. The first-order valence-electron chi connectivity index (χ1n) is 7.98. The van der Waals surface area contributed by atoms with Gasteiger partial charge in [0.05, 0.1) is 17.3 Å². The van der Waals surface area contributed by atoms with E-state index in [0.29, 0.717) is 22.7 Å². The Morgan fingerprint density at radius 1 is 1.32 bits per heavy atom. The molecule has 0 aliphatic carbocycles. The number of hydrogen-bond donors (Lipinski definition) is 0. The summed E-state index contributed by atoms with van der Waals surface area (Å²) in [6.07, 6.45) is 1.82. The minimum Gasteiger partial charge on any atom is -0.497 e. The minimum absolute atomic E-state index is 0.280. The highest BCUT2D eigenvalue weighted by Gasteiger charge is 2.11. The molecule has 0 fully saturated rings. The van der Waals surface area contributed by atoms with Crippen molar-refractivity contribution in [2.45, 2.75) is 20.4 Å². The molecule has 0 unspecified atom stereocenters. The van der Waals surface area contributed by atoms with Crippen LogP contribution in [0.25, 0.3) is 10.2 Å². The summed E-state index contributed by atoms with van der Waals surface area (Å²) in [5.74, 6) is 0.362. The maximum Gasteiger partial charge on any atom is 0.279 e. The summed E-state index contributed by atoms with van der Waals surface area (Å²) in [6.45, 7) is 8.58. The number of aromatic nitrogens is 1. The van der Waals surface area contributed by atoms with E-state index in [0.717, 1.165) is 10.2 Å². The van der Waals surface area contributed by atoms with E-state index < -0.39 is 0 Å². The molecule has 0 radical (unpaired) electrons. The summed E-state index contributed by atoms with van der Waals surface area (Å²) in [6, 6.07) is 11.3. The number of thiazole rings is 1. The SMILES string of the molecule is C=CCn1c(=NC(=O)c2cccc(OC)c2)sc2c(C)cc(C)cc21. The van der Waals surface area contributed by atoms with Gasteiger partial charge in [-0.3, -0.25) is 4.79 Å². The summed E-state index contributed by atoms with van der Waals surface area (Å²) in [7, 11) is 1.58. The van der Waals surface area contributed by atoms with Crippen LogP contribution in [0, 0.1) is 13.8 Å². The van der Waals surface area contributed by atoms with Gasteiger partial charge in [-0.1, -0.05) is 29.5 Å². The summed E-state index contributed by atoms with van der Waals surface area (Å²) >= 11 is 1.53. The molecule has 0 saturated carbocycles. The lowest BCUT2D eigenvalue weighted by Crippen LogP contribution is -2.16. The lowest BCUT2D eigenvalue weighted by molar-refractivity contribution is 0.0997. The van der Waals surface area contributed by atoms with Gasteiger partial charge >= 0.3 is 0 Å². The van der Waals surface area contributed by atoms with Crippen molar-refractivity contribution >= 4 is 27.5 Å². The maximum absolute atomic E-state index is 12.6. The summed E-state index contributed by atoms with van der Waals surface area (Å²) in [4.78, 5) is 17.7. The number of ether oxygens (including phenoxy) is 1. The van der Waals surface area contributed by atoms with Gasteiger partial charge in [0.2, 0.25) is 0 Å². The van der Waals surface area contributed by atoms with Gasteiger partial charge in [0.25, 0.3) is 5.91 Å². The number of aryl methyl sites for hydroxylation is 2. The Hall–Kier alpha value is -2.66. The van der Waals surface area contributed by atoms with Crippen LogP contribution in [0.3, 0.4) is 0 Å². The Labute approximate surface area is 150 Å². The number of hydrogen-bond acceptors (Lipinski definition) is 3. The smallest absolute Gasteiger partial charge is 0.279 e. The minimum atomic E-state index is -0.280. The Kier molecular flexibility index (Phi) is 4.86. The van der Waals surface area contributed by atoms with Gasteiger partial charge in [-0.05, 0) is 49.2 Å². The quantitative estimate of drug-likeness (QED) is 0.659. The molecule has 1 heterocycles. The van der Waals surface area contributed by atoms with Gasteiger partial charge in [0, 0.05) is 12.1 Å². The van der Waals surface area contributed by atoms with Crippen molar-refractivity contribution in [1.29, 1.82) is 0 Å². The van der Waals surface area contributed by atoms with Crippen molar-refractivity contribution in [3.8, 4) is 5.75 Å². The molecule has 1 aromatic heterocycles. The molecule has 1 amide bonds. The topological polar surface area (TPSA) is 43.6 Å². The van der Waals surface area contributed by atoms with Crippen molar-refractivity contribution in [2.24, 2.45) is 4.99 Å². The largest absolute Gasteiger partial charge is 0.497 e. The van der Waals surface area contributed by atoms with Crippen LogP contribution in [0.2, 0.25) is 0 Å². The molecule has 3 rings (SSSR count). The number of allylic oxidation sites excluding steroid dienone is 1. The number of methoxy groups -OCH3 is 1. The first-order chi connectivity index (χ1) is 12.0. The van der Waals surface area contributed by atoms with Crippen molar-refractivity contribution in [3.05, 3.63) is 70.5 Å². The average Bonchev–Trinajstić information content (AvgIpc) is 2.93. The molecule has 0 spiro atoms. The van der Waals surface area contributed by atoms with Gasteiger partial charge < -0.3 is 9.30 Å². The van der Waals surface area contributed by atoms with Crippen LogP contribution in [0.15, 0.2) is 54.0 Å². The van der Waals surface area contributed by atoms with Gasteiger partial charge in [-0.25, -0.2) is 0 Å². The van der Waals surface area contributed by atoms with Gasteiger partial charge in [0.1, 0.15) is 5.75 Å². The lowest BCUT2D eigenvalue weighted by atomic mass is 10.1. The fourth-order valence-corrected chi connectivity index (χ4v) is 3.90. The van der Waals surface area contributed by atoms with E-state index in [9.17, 15) is 4.79 Å². The zero-order chi connectivity index (χ0) is 18.0. The van der Waals surface area contributed by atoms with Gasteiger partial charge in [-0.15, -0.1) is 6.58 Å². The summed E-state index contributed by atoms with van der Waals surface area (Å²) in [5.41, 5.74) is 3.97. The van der Waals surface area contributed by atoms with E-state index in [4.69, 9.17) is 4.74 Å². The zero-order valence-corrected chi connectivity index (χ0v) is 15.4. The Balaban J connectivity index is 2.17. The number of carbonyl (C=O) groups excluding carboxylic acids is 1. The van der Waals surface area contributed by atoms with Crippen LogP contribution < -0.4 is 9.54 Å². The van der Waals surface area contributed by atoms with Gasteiger partial charge in [-0.2, -0.15) is 4.99 Å². The fourth-order valence-electron chi connectivity index (χ4n) is 2.81. The molecular formula is C20H20N2O2S. The molecule has 0 aliphatic heterocycles. The van der Waals surface area contributed by atoms with Crippen LogP contribution in [0.5, 0.6) is 5.75 Å². The highest BCUT2D eigenvalue weighted by atomic mass is 32.1. The van der Waals surface area contributed by atoms with E-state index in [-0.39, 0.29) is 5.91 Å². The molecule has 5 heteroatoms. The van der Waals surface area contributed by atoms with E-state index in [1.54, 1.807) is 31.4 Å². The predicted octanol–water partition coefficient (Wildman–Crippen LogP) is 4.26.